The number of esters is 1. The number of fused-ring (bicyclic) bond motifs is 1. The predicted octanol–water partition coefficient (Wildman–Crippen LogP) is 6.21. The summed E-state index contributed by atoms with van der Waals surface area (Å²) in [5.74, 6) is 2.53. The molecule has 2 aliphatic rings. The summed E-state index contributed by atoms with van der Waals surface area (Å²) in [6.07, 6.45) is 8.42. The summed E-state index contributed by atoms with van der Waals surface area (Å²) in [7, 11) is 0. The van der Waals surface area contributed by atoms with Gasteiger partial charge in [-0.05, 0) is 73.5 Å². The second-order valence-electron chi connectivity index (χ2n) is 9.63. The molecule has 2 saturated carbocycles. The summed E-state index contributed by atoms with van der Waals surface area (Å²) in [5, 5.41) is 9.64. The Labute approximate surface area is 164 Å². The fraction of sp³-hybridized carbons (Fsp3) is 0.708. The number of phenols is 1. The Bertz CT molecular complexity index is 653. The lowest BCUT2D eigenvalue weighted by Gasteiger charge is -2.46. The maximum absolute atomic E-state index is 12.6. The van der Waals surface area contributed by atoms with Crippen molar-refractivity contribution in [1.29, 1.82) is 0 Å². The topological polar surface area (TPSA) is 46.5 Å². The number of carbonyl (C=O) groups excluding carboxylic acids is 1. The highest BCUT2D eigenvalue weighted by Crippen LogP contribution is 2.58. The summed E-state index contributed by atoms with van der Waals surface area (Å²) in [6, 6.07) is 6.48. The first-order valence-corrected chi connectivity index (χ1v) is 10.8. The van der Waals surface area contributed by atoms with E-state index in [1.807, 2.05) is 0 Å². The van der Waals surface area contributed by atoms with Crippen LogP contribution in [0.15, 0.2) is 24.3 Å². The van der Waals surface area contributed by atoms with Crippen LogP contribution in [0.3, 0.4) is 0 Å². The molecule has 3 heteroatoms. The van der Waals surface area contributed by atoms with Gasteiger partial charge in [0.25, 0.3) is 0 Å². The molecule has 150 valence electrons. The molecule has 1 N–H and O–H groups in total. The van der Waals surface area contributed by atoms with Crippen LogP contribution < -0.4 is 0 Å². The van der Waals surface area contributed by atoms with E-state index in [-0.39, 0.29) is 17.8 Å². The molecule has 0 bridgehead atoms. The van der Waals surface area contributed by atoms with E-state index in [2.05, 4.69) is 27.7 Å². The van der Waals surface area contributed by atoms with E-state index < -0.39 is 0 Å². The van der Waals surface area contributed by atoms with E-state index in [1.54, 1.807) is 18.2 Å². The monoisotopic (exact) mass is 372 g/mol. The number of phenolic OH excluding ortho intramolecular Hbond substituents is 1. The van der Waals surface area contributed by atoms with Gasteiger partial charge in [0, 0.05) is 5.92 Å². The lowest BCUT2D eigenvalue weighted by Crippen LogP contribution is -2.43. The molecule has 3 rings (SSSR count). The van der Waals surface area contributed by atoms with Gasteiger partial charge in [-0.15, -0.1) is 0 Å². The van der Waals surface area contributed by atoms with Crippen molar-refractivity contribution in [1.82, 2.24) is 0 Å². The van der Waals surface area contributed by atoms with Crippen LogP contribution in [0.1, 0.15) is 83.0 Å². The maximum atomic E-state index is 12.6. The van der Waals surface area contributed by atoms with Crippen molar-refractivity contribution in [2.24, 2.45) is 29.1 Å². The molecular weight excluding hydrogens is 336 g/mol. The molecule has 2 aliphatic carbocycles. The minimum absolute atomic E-state index is 0.0147. The van der Waals surface area contributed by atoms with Crippen molar-refractivity contribution in [2.75, 3.05) is 0 Å². The standard InChI is InChI=1S/C24H36O3/c1-16(2)10-11-17(3)20-12-13-21-22(9-6-14-24(20,21)4)27-23(26)18-7-5-8-19(25)15-18/h5,7-8,15-17,20-22,25H,6,9-14H2,1-4H3/t17-,20-,21+,22+,24-/m1/s1. The van der Waals surface area contributed by atoms with Gasteiger partial charge < -0.3 is 9.84 Å². The molecule has 0 radical (unpaired) electrons. The van der Waals surface area contributed by atoms with Crippen molar-refractivity contribution >= 4 is 5.97 Å². The molecule has 0 amide bonds. The van der Waals surface area contributed by atoms with Gasteiger partial charge in [0.1, 0.15) is 11.9 Å². The van der Waals surface area contributed by atoms with Gasteiger partial charge in [-0.2, -0.15) is 0 Å². The smallest absolute Gasteiger partial charge is 0.338 e. The van der Waals surface area contributed by atoms with Gasteiger partial charge in [-0.3, -0.25) is 0 Å². The van der Waals surface area contributed by atoms with Crippen LogP contribution in [0.2, 0.25) is 0 Å². The zero-order chi connectivity index (χ0) is 19.6. The molecule has 1 aromatic rings. The van der Waals surface area contributed by atoms with Crippen LogP contribution >= 0.6 is 0 Å². The van der Waals surface area contributed by atoms with Crippen LogP contribution in [0.25, 0.3) is 0 Å². The Morgan fingerprint density at radius 1 is 1.22 bits per heavy atom. The molecular formula is C24H36O3. The van der Waals surface area contributed by atoms with Gasteiger partial charge in [0.2, 0.25) is 0 Å². The normalized spacial score (nSPS) is 31.5. The van der Waals surface area contributed by atoms with Gasteiger partial charge in [0.15, 0.2) is 0 Å². The number of benzene rings is 1. The molecule has 27 heavy (non-hydrogen) atoms. The molecule has 0 spiro atoms. The predicted molar refractivity (Wildman–Crippen MR) is 109 cm³/mol. The van der Waals surface area contributed by atoms with Gasteiger partial charge in [-0.1, -0.05) is 46.6 Å². The van der Waals surface area contributed by atoms with Crippen LogP contribution in [0.5, 0.6) is 5.75 Å². The van der Waals surface area contributed by atoms with E-state index in [1.165, 1.54) is 38.2 Å². The summed E-state index contributed by atoms with van der Waals surface area (Å²) in [4.78, 5) is 12.6. The van der Waals surface area contributed by atoms with Crippen molar-refractivity contribution in [3.05, 3.63) is 29.8 Å². The number of hydrogen-bond acceptors (Lipinski definition) is 3. The molecule has 0 aromatic heterocycles. The molecule has 0 unspecified atom stereocenters. The minimum Gasteiger partial charge on any atom is -0.508 e. The molecule has 0 saturated heterocycles. The Hall–Kier alpha value is -1.51. The number of ether oxygens (including phenoxy) is 1. The first-order chi connectivity index (χ1) is 12.8. The second kappa shape index (κ2) is 8.24. The zero-order valence-corrected chi connectivity index (χ0v) is 17.4. The fourth-order valence-electron chi connectivity index (χ4n) is 5.87. The average Bonchev–Trinajstić information content (AvgIpc) is 2.97. The van der Waals surface area contributed by atoms with Crippen LogP contribution in [-0.2, 0) is 4.74 Å². The largest absolute Gasteiger partial charge is 0.508 e. The van der Waals surface area contributed by atoms with Crippen LogP contribution in [-0.4, -0.2) is 17.2 Å². The molecule has 0 heterocycles. The summed E-state index contributed by atoms with van der Waals surface area (Å²) in [6.45, 7) is 9.51. The molecule has 5 atom stereocenters. The average molecular weight is 373 g/mol. The highest BCUT2D eigenvalue weighted by Gasteiger charge is 2.53. The zero-order valence-electron chi connectivity index (χ0n) is 17.4. The van der Waals surface area contributed by atoms with Crippen molar-refractivity contribution < 1.29 is 14.6 Å². The third-order valence-corrected chi connectivity index (χ3v) is 7.36. The lowest BCUT2D eigenvalue weighted by atomic mass is 9.61. The number of aromatic hydroxyl groups is 1. The summed E-state index contributed by atoms with van der Waals surface area (Å²) in [5.41, 5.74) is 0.737. The van der Waals surface area contributed by atoms with E-state index in [4.69, 9.17) is 4.74 Å². The van der Waals surface area contributed by atoms with E-state index in [9.17, 15) is 9.90 Å². The van der Waals surface area contributed by atoms with Crippen molar-refractivity contribution in [3.63, 3.8) is 0 Å². The third-order valence-electron chi connectivity index (χ3n) is 7.36. The SMILES string of the molecule is CC(C)CC[C@@H](C)[C@H]1CC[C@H]2[C@@H](OC(=O)c3cccc(O)c3)CCC[C@]12C. The highest BCUT2D eigenvalue weighted by molar-refractivity contribution is 5.89. The van der Waals surface area contributed by atoms with Crippen molar-refractivity contribution in [3.8, 4) is 5.75 Å². The quantitative estimate of drug-likeness (QED) is 0.604. The Morgan fingerprint density at radius 3 is 2.70 bits per heavy atom. The first kappa shape index (κ1) is 20.2. The van der Waals surface area contributed by atoms with Crippen LogP contribution in [0, 0.1) is 29.1 Å². The molecule has 0 aliphatic heterocycles. The minimum atomic E-state index is -0.295. The Balaban J connectivity index is 1.68. The van der Waals surface area contributed by atoms with Gasteiger partial charge in [-0.25, -0.2) is 4.79 Å². The molecule has 2 fully saturated rings. The third kappa shape index (κ3) is 4.33. The summed E-state index contributed by atoms with van der Waals surface area (Å²) < 4.78 is 5.99. The van der Waals surface area contributed by atoms with Crippen molar-refractivity contribution in [2.45, 2.75) is 78.7 Å². The number of carbonyl (C=O) groups is 1. The van der Waals surface area contributed by atoms with Crippen LogP contribution in [0.4, 0.5) is 0 Å². The maximum Gasteiger partial charge on any atom is 0.338 e. The number of hydrogen-bond donors (Lipinski definition) is 1. The highest BCUT2D eigenvalue weighted by atomic mass is 16.5. The van der Waals surface area contributed by atoms with E-state index >= 15 is 0 Å². The van der Waals surface area contributed by atoms with E-state index in [0.29, 0.717) is 16.9 Å². The van der Waals surface area contributed by atoms with Gasteiger partial charge >= 0.3 is 5.97 Å². The van der Waals surface area contributed by atoms with E-state index in [0.717, 1.165) is 30.6 Å². The lowest BCUT2D eigenvalue weighted by molar-refractivity contribution is -0.0474. The molecule has 1 aromatic carbocycles. The number of rotatable bonds is 6. The van der Waals surface area contributed by atoms with Gasteiger partial charge in [0.05, 0.1) is 5.56 Å². The first-order valence-electron chi connectivity index (χ1n) is 10.8. The Morgan fingerprint density at radius 2 is 2.00 bits per heavy atom. The fourth-order valence-corrected chi connectivity index (χ4v) is 5.87. The summed E-state index contributed by atoms with van der Waals surface area (Å²) >= 11 is 0. The molecule has 3 nitrogen and oxygen atoms in total. The second-order valence-corrected chi connectivity index (χ2v) is 9.63. The Kier molecular flexibility index (Phi) is 6.18.